The maximum Gasteiger partial charge on any atom is 0.0486 e. The highest BCUT2D eigenvalue weighted by molar-refractivity contribution is 5.15. The second-order valence-electron chi connectivity index (χ2n) is 5.87. The fraction of sp³-hybridized carbons (Fsp3) is 0.667. The fourth-order valence-electron chi connectivity index (χ4n) is 3.69. The van der Waals surface area contributed by atoms with Gasteiger partial charge in [-0.2, -0.15) is 0 Å². The Morgan fingerprint density at radius 1 is 1.37 bits per heavy atom. The Hall–Kier alpha value is -0.970. The molecular formula is C15H24N4. The molecule has 4 heteroatoms. The Morgan fingerprint density at radius 3 is 2.95 bits per heavy atom. The lowest BCUT2D eigenvalue weighted by Gasteiger charge is -2.32. The summed E-state index contributed by atoms with van der Waals surface area (Å²) >= 11 is 0. The summed E-state index contributed by atoms with van der Waals surface area (Å²) in [7, 11) is 2.29. The van der Waals surface area contributed by atoms with Crippen LogP contribution in [0, 0.1) is 0 Å². The lowest BCUT2D eigenvalue weighted by atomic mass is 10.0. The molecule has 2 saturated heterocycles. The molecule has 0 aromatic carbocycles. The Morgan fingerprint density at radius 2 is 2.21 bits per heavy atom. The fourth-order valence-corrected chi connectivity index (χ4v) is 3.69. The molecule has 0 spiro atoms. The molecule has 1 aromatic heterocycles. The van der Waals surface area contributed by atoms with Gasteiger partial charge in [0, 0.05) is 50.2 Å². The number of nitrogens with zero attached hydrogens (tertiary/aromatic N) is 3. The average Bonchev–Trinajstić information content (AvgIpc) is 2.68. The predicted molar refractivity (Wildman–Crippen MR) is 76.8 cm³/mol. The number of hydrogen-bond donors (Lipinski definition) is 1. The minimum absolute atomic E-state index is 0.321. The molecular weight excluding hydrogens is 236 g/mol. The summed E-state index contributed by atoms with van der Waals surface area (Å²) in [4.78, 5) is 9.39. The van der Waals surface area contributed by atoms with Crippen molar-refractivity contribution in [1.29, 1.82) is 0 Å². The summed E-state index contributed by atoms with van der Waals surface area (Å²) in [6.45, 7) is 2.97. The highest BCUT2D eigenvalue weighted by atomic mass is 15.3. The second-order valence-corrected chi connectivity index (χ2v) is 5.87. The monoisotopic (exact) mass is 260 g/mol. The van der Waals surface area contributed by atoms with E-state index < -0.39 is 0 Å². The SMILES string of the molecule is CN1C2CCC1CN(C(CN)c1cccnc1)CC2. The van der Waals surface area contributed by atoms with Gasteiger partial charge in [-0.1, -0.05) is 6.07 Å². The van der Waals surface area contributed by atoms with E-state index in [0.29, 0.717) is 18.6 Å². The summed E-state index contributed by atoms with van der Waals surface area (Å²) < 4.78 is 0. The number of fused-ring (bicyclic) bond motifs is 2. The van der Waals surface area contributed by atoms with Crippen LogP contribution in [0.15, 0.2) is 24.5 Å². The average molecular weight is 260 g/mol. The van der Waals surface area contributed by atoms with Crippen molar-refractivity contribution < 1.29 is 0 Å². The number of aromatic nitrogens is 1. The van der Waals surface area contributed by atoms with Crippen LogP contribution in [0.4, 0.5) is 0 Å². The van der Waals surface area contributed by atoms with E-state index in [1.807, 2.05) is 18.5 Å². The van der Waals surface area contributed by atoms with Crippen LogP contribution in [-0.2, 0) is 0 Å². The Balaban J connectivity index is 1.77. The molecule has 3 unspecified atom stereocenters. The number of rotatable bonds is 3. The largest absolute Gasteiger partial charge is 0.329 e. The quantitative estimate of drug-likeness (QED) is 0.888. The first-order valence-corrected chi connectivity index (χ1v) is 7.35. The third kappa shape index (κ3) is 2.53. The van der Waals surface area contributed by atoms with Crippen LogP contribution < -0.4 is 5.73 Å². The zero-order valence-corrected chi connectivity index (χ0v) is 11.7. The molecule has 2 bridgehead atoms. The van der Waals surface area contributed by atoms with Crippen LogP contribution in [0.2, 0.25) is 0 Å². The van der Waals surface area contributed by atoms with Gasteiger partial charge < -0.3 is 5.73 Å². The molecule has 19 heavy (non-hydrogen) atoms. The third-order valence-corrected chi connectivity index (χ3v) is 4.91. The number of hydrogen-bond acceptors (Lipinski definition) is 4. The lowest BCUT2D eigenvalue weighted by molar-refractivity contribution is 0.175. The molecule has 4 nitrogen and oxygen atoms in total. The van der Waals surface area contributed by atoms with Gasteiger partial charge in [0.1, 0.15) is 0 Å². The number of likely N-dealkylation sites (N-methyl/N-ethyl adjacent to an activating group) is 1. The Bertz CT molecular complexity index is 408. The van der Waals surface area contributed by atoms with Crippen LogP contribution in [0.5, 0.6) is 0 Å². The molecule has 3 rings (SSSR count). The van der Waals surface area contributed by atoms with Gasteiger partial charge in [-0.25, -0.2) is 0 Å². The molecule has 3 heterocycles. The molecule has 3 atom stereocenters. The normalized spacial score (nSPS) is 30.2. The highest BCUT2D eigenvalue weighted by Gasteiger charge is 2.36. The van der Waals surface area contributed by atoms with Crippen molar-refractivity contribution in [3.63, 3.8) is 0 Å². The minimum atomic E-state index is 0.321. The van der Waals surface area contributed by atoms with Crippen molar-refractivity contribution in [2.75, 3.05) is 26.7 Å². The molecule has 0 radical (unpaired) electrons. The maximum atomic E-state index is 6.04. The van der Waals surface area contributed by atoms with E-state index in [9.17, 15) is 0 Å². The molecule has 2 N–H and O–H groups in total. The zero-order valence-electron chi connectivity index (χ0n) is 11.7. The van der Waals surface area contributed by atoms with Gasteiger partial charge in [0.05, 0.1) is 0 Å². The van der Waals surface area contributed by atoms with Crippen molar-refractivity contribution in [2.45, 2.75) is 37.4 Å². The van der Waals surface area contributed by atoms with Crippen molar-refractivity contribution in [1.82, 2.24) is 14.8 Å². The lowest BCUT2D eigenvalue weighted by Crippen LogP contribution is -2.40. The van der Waals surface area contributed by atoms with E-state index in [2.05, 4.69) is 27.9 Å². The minimum Gasteiger partial charge on any atom is -0.329 e. The summed E-state index contributed by atoms with van der Waals surface area (Å²) in [5, 5.41) is 0. The summed E-state index contributed by atoms with van der Waals surface area (Å²) in [5.74, 6) is 0. The van der Waals surface area contributed by atoms with Crippen molar-refractivity contribution in [3.8, 4) is 0 Å². The molecule has 1 aromatic rings. The highest BCUT2D eigenvalue weighted by Crippen LogP contribution is 2.31. The molecule has 0 amide bonds. The van der Waals surface area contributed by atoms with Crippen LogP contribution in [-0.4, -0.2) is 53.5 Å². The molecule has 2 aliphatic heterocycles. The van der Waals surface area contributed by atoms with Gasteiger partial charge in [-0.05, 0) is 37.9 Å². The summed E-state index contributed by atoms with van der Waals surface area (Å²) in [5.41, 5.74) is 7.29. The van der Waals surface area contributed by atoms with Gasteiger partial charge in [-0.3, -0.25) is 14.8 Å². The van der Waals surface area contributed by atoms with Crippen molar-refractivity contribution >= 4 is 0 Å². The first-order valence-electron chi connectivity index (χ1n) is 7.35. The van der Waals surface area contributed by atoms with Crippen LogP contribution in [0.1, 0.15) is 30.9 Å². The van der Waals surface area contributed by atoms with Gasteiger partial charge in [0.15, 0.2) is 0 Å². The summed E-state index contributed by atoms with van der Waals surface area (Å²) in [6.07, 6.45) is 7.76. The molecule has 104 valence electrons. The maximum absolute atomic E-state index is 6.04. The molecule has 2 aliphatic rings. The first kappa shape index (κ1) is 13.0. The van der Waals surface area contributed by atoms with Gasteiger partial charge in [0.25, 0.3) is 0 Å². The number of likely N-dealkylation sites (tertiary alicyclic amines) is 1. The van der Waals surface area contributed by atoms with Crippen LogP contribution in [0.3, 0.4) is 0 Å². The number of nitrogens with two attached hydrogens (primary N) is 1. The molecule has 0 aliphatic carbocycles. The predicted octanol–water partition coefficient (Wildman–Crippen LogP) is 1.25. The van der Waals surface area contributed by atoms with Crippen molar-refractivity contribution in [2.24, 2.45) is 5.73 Å². The van der Waals surface area contributed by atoms with E-state index in [1.54, 1.807) is 0 Å². The zero-order chi connectivity index (χ0) is 13.2. The summed E-state index contributed by atoms with van der Waals surface area (Å²) in [6, 6.07) is 5.97. The van der Waals surface area contributed by atoms with Crippen LogP contribution >= 0.6 is 0 Å². The topological polar surface area (TPSA) is 45.4 Å². The Kier molecular flexibility index (Phi) is 3.82. The molecule has 2 fully saturated rings. The van der Waals surface area contributed by atoms with E-state index >= 15 is 0 Å². The van der Waals surface area contributed by atoms with E-state index in [4.69, 9.17) is 5.73 Å². The van der Waals surface area contributed by atoms with Crippen molar-refractivity contribution in [3.05, 3.63) is 30.1 Å². The van der Waals surface area contributed by atoms with Crippen LogP contribution in [0.25, 0.3) is 0 Å². The first-order chi connectivity index (χ1) is 9.29. The standard InChI is InChI=1S/C15H24N4/c1-18-13-4-5-14(18)11-19(8-6-13)15(9-16)12-3-2-7-17-10-12/h2-3,7,10,13-15H,4-6,8-9,11,16H2,1H3. The van der Waals surface area contributed by atoms with E-state index in [1.165, 1.54) is 24.8 Å². The Labute approximate surface area is 115 Å². The van der Waals surface area contributed by atoms with E-state index in [-0.39, 0.29) is 0 Å². The van der Waals surface area contributed by atoms with Gasteiger partial charge >= 0.3 is 0 Å². The van der Waals surface area contributed by atoms with Gasteiger partial charge in [0.2, 0.25) is 0 Å². The smallest absolute Gasteiger partial charge is 0.0486 e. The van der Waals surface area contributed by atoms with Gasteiger partial charge in [-0.15, -0.1) is 0 Å². The molecule has 0 saturated carbocycles. The third-order valence-electron chi connectivity index (χ3n) is 4.91. The number of pyridine rings is 1. The van der Waals surface area contributed by atoms with E-state index in [0.717, 1.165) is 19.1 Å². The second kappa shape index (κ2) is 5.57.